The zero-order valence-electron chi connectivity index (χ0n) is 20.5. The summed E-state index contributed by atoms with van der Waals surface area (Å²) in [7, 11) is -3.89. The predicted octanol–water partition coefficient (Wildman–Crippen LogP) is 3.75. The molecule has 5 rings (SSSR count). The number of nitrogens with zero attached hydrogens (tertiary/aromatic N) is 3. The topological polar surface area (TPSA) is 134 Å². The maximum absolute atomic E-state index is 13.4. The van der Waals surface area contributed by atoms with Crippen LogP contribution in [0.3, 0.4) is 0 Å². The fraction of sp³-hybridized carbons (Fsp3) is 0.231. The number of aromatic nitrogens is 2. The highest BCUT2D eigenvalue weighted by molar-refractivity contribution is 7.89. The van der Waals surface area contributed by atoms with Crippen molar-refractivity contribution in [2.45, 2.75) is 30.6 Å². The molecule has 0 aliphatic carbocycles. The fourth-order valence-corrected chi connectivity index (χ4v) is 6.15. The van der Waals surface area contributed by atoms with Crippen molar-refractivity contribution in [1.29, 1.82) is 0 Å². The largest absolute Gasteiger partial charge is 0.360 e. The van der Waals surface area contributed by atoms with Gasteiger partial charge in [-0.05, 0) is 31.9 Å². The van der Waals surface area contributed by atoms with Gasteiger partial charge in [-0.1, -0.05) is 53.7 Å². The standard InChI is InChI=1S/C26H25N5O5S2/c1-17-22(23(29-36-17)18-8-4-2-5-9-18)26(33)31-14-12-19(13-15-31)25-27-21(16-37-25)24(32)28-30-38(34,35)20-10-6-3-7-11-20/h2-11,16,19,30H,12-15H2,1H3,(H,28,32). The van der Waals surface area contributed by atoms with E-state index in [9.17, 15) is 18.0 Å². The summed E-state index contributed by atoms with van der Waals surface area (Å²) >= 11 is 1.35. The van der Waals surface area contributed by atoms with Crippen molar-refractivity contribution >= 4 is 33.2 Å². The first-order valence-electron chi connectivity index (χ1n) is 12.0. The number of likely N-dealkylation sites (tertiary alicyclic amines) is 1. The van der Waals surface area contributed by atoms with Crippen molar-refractivity contribution < 1.29 is 22.5 Å². The molecule has 38 heavy (non-hydrogen) atoms. The van der Waals surface area contributed by atoms with E-state index in [0.717, 1.165) is 10.6 Å². The lowest BCUT2D eigenvalue weighted by Crippen LogP contribution is -2.41. The molecule has 1 aliphatic rings. The number of piperidine rings is 1. The third-order valence-electron chi connectivity index (χ3n) is 6.36. The van der Waals surface area contributed by atoms with Gasteiger partial charge in [0, 0.05) is 30.0 Å². The average molecular weight is 552 g/mol. The van der Waals surface area contributed by atoms with Crippen LogP contribution in [0.15, 0.2) is 75.5 Å². The lowest BCUT2D eigenvalue weighted by Gasteiger charge is -2.31. The number of carbonyl (C=O) groups excluding carboxylic acids is 2. The van der Waals surface area contributed by atoms with E-state index >= 15 is 0 Å². The second kappa shape index (κ2) is 10.9. The minimum atomic E-state index is -3.89. The number of hydrogen-bond acceptors (Lipinski definition) is 8. The first-order valence-corrected chi connectivity index (χ1v) is 14.3. The third kappa shape index (κ3) is 5.37. The van der Waals surface area contributed by atoms with Crippen molar-refractivity contribution in [2.24, 2.45) is 0 Å². The molecule has 1 fully saturated rings. The van der Waals surface area contributed by atoms with Gasteiger partial charge < -0.3 is 9.42 Å². The van der Waals surface area contributed by atoms with Gasteiger partial charge in [-0.3, -0.25) is 15.0 Å². The second-order valence-corrected chi connectivity index (χ2v) is 11.4. The van der Waals surface area contributed by atoms with Gasteiger partial charge in [0.15, 0.2) is 0 Å². The van der Waals surface area contributed by atoms with Crippen molar-refractivity contribution in [3.05, 3.63) is 88.1 Å². The Hall–Kier alpha value is -3.87. The van der Waals surface area contributed by atoms with Gasteiger partial charge >= 0.3 is 0 Å². The van der Waals surface area contributed by atoms with E-state index in [1.807, 2.05) is 30.3 Å². The van der Waals surface area contributed by atoms with Crippen molar-refractivity contribution in [3.8, 4) is 11.3 Å². The van der Waals surface area contributed by atoms with Gasteiger partial charge in [0.25, 0.3) is 21.8 Å². The number of amides is 2. The summed E-state index contributed by atoms with van der Waals surface area (Å²) in [5.74, 6) is -0.194. The van der Waals surface area contributed by atoms with Gasteiger partial charge in [-0.2, -0.15) is 0 Å². The summed E-state index contributed by atoms with van der Waals surface area (Å²) in [5.41, 5.74) is 4.18. The Bertz CT molecular complexity index is 1540. The summed E-state index contributed by atoms with van der Waals surface area (Å²) in [6.07, 6.45) is 1.37. The maximum atomic E-state index is 13.4. The van der Waals surface area contributed by atoms with Gasteiger partial charge in [0.1, 0.15) is 22.7 Å². The summed E-state index contributed by atoms with van der Waals surface area (Å²) in [6.45, 7) is 2.79. The molecule has 2 aromatic heterocycles. The summed E-state index contributed by atoms with van der Waals surface area (Å²) in [4.78, 5) is 34.2. The van der Waals surface area contributed by atoms with Crippen molar-refractivity contribution in [2.75, 3.05) is 13.1 Å². The van der Waals surface area contributed by atoms with Crippen LogP contribution in [-0.2, 0) is 10.0 Å². The van der Waals surface area contributed by atoms with Crippen LogP contribution in [0, 0.1) is 6.92 Å². The number of hydrazine groups is 1. The lowest BCUT2D eigenvalue weighted by atomic mass is 9.96. The molecule has 10 nitrogen and oxygen atoms in total. The Morgan fingerprint density at radius 1 is 1.03 bits per heavy atom. The van der Waals surface area contributed by atoms with E-state index in [2.05, 4.69) is 20.4 Å². The highest BCUT2D eigenvalue weighted by atomic mass is 32.2. The maximum Gasteiger partial charge on any atom is 0.285 e. The average Bonchev–Trinajstić information content (AvgIpc) is 3.60. The molecule has 0 unspecified atom stereocenters. The van der Waals surface area contributed by atoms with Crippen molar-refractivity contribution in [3.63, 3.8) is 0 Å². The van der Waals surface area contributed by atoms with Crippen LogP contribution < -0.4 is 10.3 Å². The molecule has 1 saturated heterocycles. The Morgan fingerprint density at radius 3 is 2.37 bits per heavy atom. The molecule has 0 spiro atoms. The number of thiazole rings is 1. The van der Waals surface area contributed by atoms with Crippen LogP contribution in [0.25, 0.3) is 11.3 Å². The first-order chi connectivity index (χ1) is 18.3. The van der Waals surface area contributed by atoms with E-state index in [-0.39, 0.29) is 22.4 Å². The molecule has 12 heteroatoms. The molecular formula is C26H25N5O5S2. The molecule has 2 amide bonds. The molecule has 2 N–H and O–H groups in total. The number of hydrogen-bond donors (Lipinski definition) is 2. The third-order valence-corrected chi connectivity index (χ3v) is 8.63. The van der Waals surface area contributed by atoms with Gasteiger partial charge in [-0.15, -0.1) is 16.2 Å². The minimum Gasteiger partial charge on any atom is -0.360 e. The smallest absolute Gasteiger partial charge is 0.285 e. The summed E-state index contributed by atoms with van der Waals surface area (Å²) in [6, 6.07) is 17.2. The molecule has 3 heterocycles. The summed E-state index contributed by atoms with van der Waals surface area (Å²) in [5, 5.41) is 6.50. The van der Waals surface area contributed by atoms with Crippen LogP contribution in [0.4, 0.5) is 0 Å². The van der Waals surface area contributed by atoms with E-state index in [0.29, 0.717) is 42.9 Å². The zero-order valence-corrected chi connectivity index (χ0v) is 22.1. The van der Waals surface area contributed by atoms with Crippen LogP contribution in [0.5, 0.6) is 0 Å². The Morgan fingerprint density at radius 2 is 1.68 bits per heavy atom. The van der Waals surface area contributed by atoms with Crippen LogP contribution >= 0.6 is 11.3 Å². The molecule has 0 radical (unpaired) electrons. The van der Waals surface area contributed by atoms with Crippen molar-refractivity contribution in [1.82, 2.24) is 25.3 Å². The molecule has 0 saturated carbocycles. The van der Waals surface area contributed by atoms with Gasteiger partial charge in [-0.25, -0.2) is 13.4 Å². The quantitative estimate of drug-likeness (QED) is 0.334. The predicted molar refractivity (Wildman–Crippen MR) is 141 cm³/mol. The van der Waals surface area contributed by atoms with Crippen LogP contribution in [0.1, 0.15) is 50.4 Å². The van der Waals surface area contributed by atoms with Gasteiger partial charge in [0.2, 0.25) is 0 Å². The SMILES string of the molecule is Cc1onc(-c2ccccc2)c1C(=O)N1CCC(c2nc(C(=O)NNS(=O)(=O)c3ccccc3)cs2)CC1. The molecule has 0 bridgehead atoms. The molecule has 0 atom stereocenters. The number of nitrogens with one attached hydrogen (secondary N) is 2. The lowest BCUT2D eigenvalue weighted by molar-refractivity contribution is 0.0711. The normalized spacial score (nSPS) is 14.4. The van der Waals surface area contributed by atoms with E-state index < -0.39 is 15.9 Å². The number of benzene rings is 2. The number of sulfonamides is 1. The molecular weight excluding hydrogens is 526 g/mol. The zero-order chi connectivity index (χ0) is 26.7. The monoisotopic (exact) mass is 551 g/mol. The van der Waals surface area contributed by atoms with Crippen LogP contribution in [0.2, 0.25) is 0 Å². The van der Waals surface area contributed by atoms with E-state index in [1.165, 1.54) is 23.5 Å². The molecule has 1 aliphatic heterocycles. The highest BCUT2D eigenvalue weighted by Crippen LogP contribution is 2.32. The van der Waals surface area contributed by atoms with E-state index in [1.54, 1.807) is 35.4 Å². The molecule has 4 aromatic rings. The summed E-state index contributed by atoms with van der Waals surface area (Å²) < 4.78 is 30.0. The fourth-order valence-electron chi connectivity index (χ4n) is 4.32. The Labute approximate surface area is 223 Å². The Balaban J connectivity index is 1.19. The molecule has 196 valence electrons. The second-order valence-electron chi connectivity index (χ2n) is 8.84. The van der Waals surface area contributed by atoms with Gasteiger partial charge in [0.05, 0.1) is 9.90 Å². The Kier molecular flexibility index (Phi) is 7.36. The number of aryl methyl sites for hydroxylation is 1. The van der Waals surface area contributed by atoms with Crippen LogP contribution in [-0.4, -0.2) is 48.4 Å². The van der Waals surface area contributed by atoms with E-state index in [4.69, 9.17) is 4.52 Å². The highest BCUT2D eigenvalue weighted by Gasteiger charge is 2.31. The number of carbonyl (C=O) groups is 2. The first kappa shape index (κ1) is 25.8. The molecule has 2 aromatic carbocycles. The number of rotatable bonds is 7. The minimum absolute atomic E-state index is 0.0397.